The maximum Gasteiger partial charge on any atom is 0.0516 e. The van der Waals surface area contributed by atoms with Crippen molar-refractivity contribution in [2.24, 2.45) is 0 Å². The highest BCUT2D eigenvalue weighted by molar-refractivity contribution is 14.1. The van der Waals surface area contributed by atoms with Gasteiger partial charge in [-0.2, -0.15) is 0 Å². The van der Waals surface area contributed by atoms with Gasteiger partial charge in [0.15, 0.2) is 0 Å². The van der Waals surface area contributed by atoms with Crippen molar-refractivity contribution in [3.05, 3.63) is 38.4 Å². The number of rotatable bonds is 3. The molecule has 1 aromatic carbocycles. The number of anilines is 1. The van der Waals surface area contributed by atoms with E-state index in [4.69, 9.17) is 23.2 Å². The molecule has 0 fully saturated rings. The number of hydrogen-bond donors (Lipinski definition) is 1. The van der Waals surface area contributed by atoms with Crippen LogP contribution >= 0.6 is 45.8 Å². The third-order valence-corrected chi connectivity index (χ3v) is 2.69. The summed E-state index contributed by atoms with van der Waals surface area (Å²) in [4.78, 5) is 0. The summed E-state index contributed by atoms with van der Waals surface area (Å²) in [6.45, 7) is 0.561. The summed E-state index contributed by atoms with van der Waals surface area (Å²) in [6, 6.07) is 8.05. The topological polar surface area (TPSA) is 12.0 Å². The monoisotopic (exact) mass is 327 g/mol. The molecular formula is C9H8Cl2IN. The fourth-order valence-corrected chi connectivity index (χ4v) is 1.51. The van der Waals surface area contributed by atoms with E-state index in [0.717, 1.165) is 5.69 Å². The largest absolute Gasteiger partial charge is 0.380 e. The van der Waals surface area contributed by atoms with E-state index in [9.17, 15) is 0 Å². The molecule has 0 amide bonds. The standard InChI is InChI=1S/C9H8Cl2IN/c10-5-7(11)6-13-9-3-1-2-8(12)4-9/h1-5,13H,6H2. The summed E-state index contributed by atoms with van der Waals surface area (Å²) < 4.78 is 1.19. The van der Waals surface area contributed by atoms with Crippen LogP contribution in [-0.2, 0) is 0 Å². The van der Waals surface area contributed by atoms with E-state index < -0.39 is 0 Å². The van der Waals surface area contributed by atoms with Gasteiger partial charge in [-0.3, -0.25) is 0 Å². The van der Waals surface area contributed by atoms with Crippen LogP contribution in [0.1, 0.15) is 0 Å². The molecule has 0 aliphatic heterocycles. The Morgan fingerprint density at radius 2 is 2.31 bits per heavy atom. The number of halogens is 3. The zero-order valence-corrected chi connectivity index (χ0v) is 10.4. The van der Waals surface area contributed by atoms with E-state index in [1.54, 1.807) is 0 Å². The molecule has 1 nitrogen and oxygen atoms in total. The highest BCUT2D eigenvalue weighted by Gasteiger charge is 1.93. The Morgan fingerprint density at radius 1 is 1.54 bits per heavy atom. The molecule has 0 aliphatic carbocycles. The van der Waals surface area contributed by atoms with Crippen molar-refractivity contribution in [1.82, 2.24) is 0 Å². The van der Waals surface area contributed by atoms with Gasteiger partial charge in [0, 0.05) is 19.8 Å². The van der Waals surface area contributed by atoms with E-state index >= 15 is 0 Å². The summed E-state index contributed by atoms with van der Waals surface area (Å²) >= 11 is 13.4. The van der Waals surface area contributed by atoms with E-state index in [1.807, 2.05) is 24.3 Å². The van der Waals surface area contributed by atoms with Crippen LogP contribution in [0, 0.1) is 3.57 Å². The summed E-state index contributed by atoms with van der Waals surface area (Å²) in [5, 5.41) is 3.74. The van der Waals surface area contributed by atoms with Crippen LogP contribution in [0.3, 0.4) is 0 Å². The Hall–Kier alpha value is 0.0700. The van der Waals surface area contributed by atoms with Gasteiger partial charge in [0.2, 0.25) is 0 Å². The highest BCUT2D eigenvalue weighted by Crippen LogP contribution is 2.13. The van der Waals surface area contributed by atoms with Crippen LogP contribution in [0.25, 0.3) is 0 Å². The maximum absolute atomic E-state index is 5.72. The fourth-order valence-electron chi connectivity index (χ4n) is 0.824. The summed E-state index contributed by atoms with van der Waals surface area (Å²) in [5.41, 5.74) is 2.41. The Kier molecular flexibility index (Phi) is 4.91. The minimum absolute atomic E-state index is 0.561. The first-order valence-corrected chi connectivity index (χ1v) is 5.56. The molecule has 0 saturated heterocycles. The molecule has 0 unspecified atom stereocenters. The van der Waals surface area contributed by atoms with Crippen LogP contribution in [0.15, 0.2) is 34.8 Å². The molecule has 1 N–H and O–H groups in total. The normalized spacial score (nSPS) is 11.5. The van der Waals surface area contributed by atoms with Crippen LogP contribution in [0.4, 0.5) is 5.69 Å². The first kappa shape index (κ1) is 11.1. The van der Waals surface area contributed by atoms with Crippen molar-refractivity contribution in [1.29, 1.82) is 0 Å². The van der Waals surface area contributed by atoms with Crippen molar-refractivity contribution < 1.29 is 0 Å². The first-order valence-electron chi connectivity index (χ1n) is 3.66. The zero-order valence-electron chi connectivity index (χ0n) is 6.73. The van der Waals surface area contributed by atoms with Gasteiger partial charge in [0.05, 0.1) is 6.54 Å². The Bertz CT molecular complexity index is 312. The summed E-state index contributed by atoms with van der Waals surface area (Å²) in [6.07, 6.45) is 0. The van der Waals surface area contributed by atoms with Crippen molar-refractivity contribution in [2.45, 2.75) is 0 Å². The van der Waals surface area contributed by atoms with Gasteiger partial charge in [-0.05, 0) is 40.8 Å². The second kappa shape index (κ2) is 5.73. The average Bonchev–Trinajstić information content (AvgIpc) is 2.14. The minimum Gasteiger partial charge on any atom is -0.380 e. The molecule has 0 radical (unpaired) electrons. The second-order valence-corrected chi connectivity index (χ2v) is 4.37. The van der Waals surface area contributed by atoms with Gasteiger partial charge in [-0.1, -0.05) is 29.3 Å². The van der Waals surface area contributed by atoms with E-state index in [-0.39, 0.29) is 0 Å². The Balaban J connectivity index is 2.55. The van der Waals surface area contributed by atoms with Gasteiger partial charge < -0.3 is 5.32 Å². The van der Waals surface area contributed by atoms with Gasteiger partial charge >= 0.3 is 0 Å². The lowest BCUT2D eigenvalue weighted by Gasteiger charge is -2.04. The molecule has 1 rings (SSSR count). The molecular weight excluding hydrogens is 320 g/mol. The molecule has 0 aromatic heterocycles. The van der Waals surface area contributed by atoms with Crippen LogP contribution in [0.5, 0.6) is 0 Å². The van der Waals surface area contributed by atoms with E-state index in [2.05, 4.69) is 27.9 Å². The lowest BCUT2D eigenvalue weighted by Crippen LogP contribution is -2.00. The molecule has 0 aliphatic rings. The SMILES string of the molecule is ClC=C(Cl)CNc1cccc(I)c1. The predicted octanol–water partition coefficient (Wildman–Crippen LogP) is 4.02. The molecule has 1 aromatic rings. The second-order valence-electron chi connectivity index (χ2n) is 2.42. The van der Waals surface area contributed by atoms with Crippen molar-refractivity contribution in [3.8, 4) is 0 Å². The van der Waals surface area contributed by atoms with Crippen molar-refractivity contribution in [3.63, 3.8) is 0 Å². The van der Waals surface area contributed by atoms with E-state index in [0.29, 0.717) is 11.6 Å². The molecule has 0 spiro atoms. The number of nitrogens with one attached hydrogen (secondary N) is 1. The van der Waals surface area contributed by atoms with Crippen molar-refractivity contribution >= 4 is 51.5 Å². The third-order valence-electron chi connectivity index (χ3n) is 1.40. The quantitative estimate of drug-likeness (QED) is 0.827. The Labute approximate surface area is 101 Å². The molecule has 0 bridgehead atoms. The molecule has 13 heavy (non-hydrogen) atoms. The molecule has 4 heteroatoms. The van der Waals surface area contributed by atoms with E-state index in [1.165, 1.54) is 9.11 Å². The maximum atomic E-state index is 5.72. The van der Waals surface area contributed by atoms with Gasteiger partial charge in [0.25, 0.3) is 0 Å². The summed E-state index contributed by atoms with van der Waals surface area (Å²) in [5.74, 6) is 0. The van der Waals surface area contributed by atoms with Gasteiger partial charge in [0.1, 0.15) is 0 Å². The first-order chi connectivity index (χ1) is 6.22. The number of benzene rings is 1. The molecule has 0 heterocycles. The smallest absolute Gasteiger partial charge is 0.0516 e. The van der Waals surface area contributed by atoms with Gasteiger partial charge in [-0.15, -0.1) is 0 Å². The lowest BCUT2D eigenvalue weighted by atomic mass is 10.3. The highest BCUT2D eigenvalue weighted by atomic mass is 127. The number of hydrogen-bond acceptors (Lipinski definition) is 1. The third kappa shape index (κ3) is 4.20. The lowest BCUT2D eigenvalue weighted by molar-refractivity contribution is 1.31. The molecule has 70 valence electrons. The molecule has 0 atom stereocenters. The van der Waals surface area contributed by atoms with Crippen LogP contribution in [-0.4, -0.2) is 6.54 Å². The zero-order chi connectivity index (χ0) is 9.68. The summed E-state index contributed by atoms with van der Waals surface area (Å²) in [7, 11) is 0. The predicted molar refractivity (Wildman–Crippen MR) is 67.4 cm³/mol. The van der Waals surface area contributed by atoms with Crippen LogP contribution in [0.2, 0.25) is 0 Å². The van der Waals surface area contributed by atoms with Gasteiger partial charge in [-0.25, -0.2) is 0 Å². The minimum atomic E-state index is 0.561. The Morgan fingerprint density at radius 3 is 2.92 bits per heavy atom. The fraction of sp³-hybridized carbons (Fsp3) is 0.111. The van der Waals surface area contributed by atoms with Crippen LogP contribution < -0.4 is 5.32 Å². The van der Waals surface area contributed by atoms with Crippen molar-refractivity contribution in [2.75, 3.05) is 11.9 Å². The molecule has 0 saturated carbocycles. The average molecular weight is 328 g/mol.